The zero-order valence-corrected chi connectivity index (χ0v) is 41.9. The Kier molecular flexibility index (Phi) is 16.0. The van der Waals surface area contributed by atoms with Gasteiger partial charge in [0.15, 0.2) is 17.5 Å². The molecule has 70 heavy (non-hydrogen) atoms. The Morgan fingerprint density at radius 3 is 1.94 bits per heavy atom. The molecule has 1 saturated heterocycles. The summed E-state index contributed by atoms with van der Waals surface area (Å²) in [6.45, 7) is 7.68. The maximum absolute atomic E-state index is 15.7. The Labute approximate surface area is 425 Å². The van der Waals surface area contributed by atoms with E-state index in [2.05, 4.69) is 5.32 Å². The number of aliphatic hydroxyl groups is 2. The number of hydrogen-bond acceptors (Lipinski definition) is 16. The quantitative estimate of drug-likeness (QED) is 0.0764. The minimum absolute atomic E-state index is 0. The number of amides is 1. The number of aliphatic carboxylic acids is 1. The van der Waals surface area contributed by atoms with E-state index in [-0.39, 0.29) is 70.4 Å². The molecule has 19 heteroatoms. The molecule has 6 unspecified atom stereocenters. The fourth-order valence-electron chi connectivity index (χ4n) is 10.7. The number of esters is 5. The molecule has 1 heterocycles. The number of carbonyl (C=O) groups is 8. The van der Waals surface area contributed by atoms with Gasteiger partial charge in [-0.1, -0.05) is 80.6 Å². The van der Waals surface area contributed by atoms with Crippen LogP contribution in [-0.2, 0) is 57.2 Å². The smallest absolute Gasteiger partial charge is 0.481 e. The van der Waals surface area contributed by atoms with Crippen LogP contribution in [0.25, 0.3) is 0 Å². The van der Waals surface area contributed by atoms with E-state index in [9.17, 15) is 44.1 Å². The van der Waals surface area contributed by atoms with Crippen molar-refractivity contribution in [3.8, 4) is 0 Å². The van der Waals surface area contributed by atoms with Gasteiger partial charge in [-0.25, -0.2) is 9.59 Å². The van der Waals surface area contributed by atoms with Crippen LogP contribution in [0.2, 0.25) is 0 Å². The van der Waals surface area contributed by atoms with Crippen molar-refractivity contribution in [3.63, 3.8) is 0 Å². The summed E-state index contributed by atoms with van der Waals surface area (Å²) in [5, 5.41) is 38.2. The maximum Gasteiger partial charge on any atom is 1.00 e. The molecule has 11 atom stereocenters. The predicted molar refractivity (Wildman–Crippen MR) is 238 cm³/mol. The van der Waals surface area contributed by atoms with Gasteiger partial charge in [0.1, 0.15) is 30.0 Å². The summed E-state index contributed by atoms with van der Waals surface area (Å²) < 4.78 is 36.3. The number of ether oxygens (including phenoxy) is 6. The van der Waals surface area contributed by atoms with Crippen LogP contribution in [-0.4, -0.2) is 117 Å². The molecule has 1 amide bonds. The van der Waals surface area contributed by atoms with Crippen LogP contribution in [0.4, 0.5) is 0 Å². The second-order valence-corrected chi connectivity index (χ2v) is 18.7. The fourth-order valence-corrected chi connectivity index (χ4v) is 10.7. The molecule has 0 spiro atoms. The molecule has 0 radical (unpaired) electrons. The minimum Gasteiger partial charge on any atom is -0.481 e. The molecule has 18 nitrogen and oxygen atoms in total. The normalized spacial score (nSPS) is 29.2. The van der Waals surface area contributed by atoms with Gasteiger partial charge in [-0.2, -0.15) is 0 Å². The van der Waals surface area contributed by atoms with Gasteiger partial charge in [-0.05, 0) is 54.8 Å². The second-order valence-electron chi connectivity index (χ2n) is 18.7. The summed E-state index contributed by atoms with van der Waals surface area (Å²) in [6, 6.07) is 22.1. The molecule has 7 rings (SSSR count). The van der Waals surface area contributed by atoms with Gasteiger partial charge >= 0.3 is 65.4 Å². The van der Waals surface area contributed by atoms with Crippen molar-refractivity contribution in [1.82, 2.24) is 5.32 Å². The summed E-state index contributed by atoms with van der Waals surface area (Å²) in [4.78, 5) is 110. The van der Waals surface area contributed by atoms with E-state index < -0.39 is 137 Å². The van der Waals surface area contributed by atoms with Gasteiger partial charge in [-0.3, -0.25) is 28.8 Å². The second kappa shape index (κ2) is 20.9. The van der Waals surface area contributed by atoms with E-state index in [1.807, 2.05) is 0 Å². The maximum atomic E-state index is 15.7. The third kappa shape index (κ3) is 9.81. The first-order chi connectivity index (χ1) is 32.6. The van der Waals surface area contributed by atoms with Crippen molar-refractivity contribution < 1.29 is 112 Å². The number of nitrogens with one attached hydrogen (secondary N) is 1. The summed E-state index contributed by atoms with van der Waals surface area (Å²) in [7, 11) is 0. The van der Waals surface area contributed by atoms with E-state index in [0.29, 0.717) is 0 Å². The van der Waals surface area contributed by atoms with Gasteiger partial charge in [0.2, 0.25) is 6.10 Å². The molecule has 0 aromatic heterocycles. The number of fused-ring (bicyclic) bond motifs is 5. The molecule has 4 N–H and O–H groups in total. The number of benzene rings is 3. The molecule has 1 aliphatic heterocycles. The Morgan fingerprint density at radius 2 is 1.40 bits per heavy atom. The van der Waals surface area contributed by atoms with Crippen molar-refractivity contribution in [2.75, 3.05) is 6.61 Å². The van der Waals surface area contributed by atoms with Crippen molar-refractivity contribution >= 4 is 47.5 Å². The number of carboxylic acids is 1. The summed E-state index contributed by atoms with van der Waals surface area (Å²) in [6.07, 6.45) is -12.5. The predicted octanol–water partition coefficient (Wildman–Crippen LogP) is 1.16. The van der Waals surface area contributed by atoms with Crippen LogP contribution in [0.1, 0.15) is 99.5 Å². The Morgan fingerprint density at radius 1 is 0.814 bits per heavy atom. The average Bonchev–Trinajstić information content (AvgIpc) is 3.30. The largest absolute Gasteiger partial charge is 1.00 e. The molecule has 4 aliphatic rings. The third-order valence-corrected chi connectivity index (χ3v) is 14.3. The molecule has 2 saturated carbocycles. The van der Waals surface area contributed by atoms with E-state index >= 15 is 9.59 Å². The first kappa shape index (κ1) is 53.6. The Hall–Kier alpha value is -5.76. The Bertz CT molecular complexity index is 2550. The molecule has 2 bridgehead atoms. The van der Waals surface area contributed by atoms with Crippen molar-refractivity contribution in [3.05, 3.63) is 119 Å². The molecular formula is C51H55NNaO17+. The topological polar surface area (TPSA) is 265 Å². The number of hydrogen-bond donors (Lipinski definition) is 4. The number of aliphatic hydroxyl groups excluding tert-OH is 1. The molecule has 3 aliphatic carbocycles. The van der Waals surface area contributed by atoms with Gasteiger partial charge in [0.05, 0.1) is 42.4 Å². The molecule has 3 fully saturated rings. The van der Waals surface area contributed by atoms with Gasteiger partial charge in [0, 0.05) is 37.7 Å². The van der Waals surface area contributed by atoms with Gasteiger partial charge < -0.3 is 49.1 Å². The van der Waals surface area contributed by atoms with Crippen LogP contribution in [0.15, 0.2) is 102 Å². The average molecular weight is 977 g/mol. The standard InChI is InChI=1S/C51H55NO17.Na/c1-27-33(66-47(62)41(67-37(58)23-22-36(56)57)39(30-16-10-7-11-17-30)52-45(60)31-18-12-8-13-19-31)25-51(63)44(68-46(61)32-20-14-9-15-21-32)42-49(6,34(55)24-35-50(42,26-64-35)69-29(3)54)43(59)40(65-28(2)53)38(27)48(51,4)5;/h7-21,33-35,39-42,44,55,63H,22-26H2,1-6H3,(H,52,60)(H,56,57);/q;+1/t33?,34-,35?,39?,40+,41+,42?,44?,49+,50?,51+;/m0./s1. The monoisotopic (exact) mass is 976 g/mol. The van der Waals surface area contributed by atoms with Gasteiger partial charge in [0.25, 0.3) is 5.91 Å². The summed E-state index contributed by atoms with van der Waals surface area (Å²) in [5.41, 5.74) is -7.77. The number of Topliss-reactive ketones (excluding diaryl/α,β-unsaturated/α-hetero) is 1. The Balaban J connectivity index is 0.00000804. The molecule has 366 valence electrons. The molecule has 3 aromatic rings. The number of ketones is 1. The van der Waals surface area contributed by atoms with Crippen molar-refractivity contribution in [2.24, 2.45) is 16.7 Å². The van der Waals surface area contributed by atoms with E-state index in [1.165, 1.54) is 52.0 Å². The number of carbonyl (C=O) groups excluding carboxylic acids is 7. The van der Waals surface area contributed by atoms with Crippen LogP contribution >= 0.6 is 0 Å². The van der Waals surface area contributed by atoms with Crippen molar-refractivity contribution in [2.45, 2.75) is 121 Å². The van der Waals surface area contributed by atoms with Crippen molar-refractivity contribution in [1.29, 1.82) is 0 Å². The fraction of sp³-hybridized carbons (Fsp3) is 0.451. The zero-order valence-electron chi connectivity index (χ0n) is 39.9. The number of carboxylic acid groups (broad SMARTS) is 1. The van der Waals surface area contributed by atoms with E-state index in [4.69, 9.17) is 28.4 Å². The zero-order chi connectivity index (χ0) is 50.2. The van der Waals surface area contributed by atoms with E-state index in [1.54, 1.807) is 66.7 Å². The first-order valence-corrected chi connectivity index (χ1v) is 22.5. The van der Waals surface area contributed by atoms with Crippen LogP contribution in [0, 0.1) is 16.7 Å². The van der Waals surface area contributed by atoms with Crippen LogP contribution in [0.5, 0.6) is 0 Å². The van der Waals surface area contributed by atoms with Crippen LogP contribution < -0.4 is 34.9 Å². The number of rotatable bonds is 14. The minimum atomic E-state index is -2.50. The van der Waals surface area contributed by atoms with E-state index in [0.717, 1.165) is 13.8 Å². The summed E-state index contributed by atoms with van der Waals surface area (Å²) in [5.74, 6) is -9.78. The summed E-state index contributed by atoms with van der Waals surface area (Å²) >= 11 is 0. The molecule has 3 aromatic carbocycles. The SMILES string of the molecule is CC(=O)O[C@H]1C(=O)[C@@]2(C)C(C(OC(=O)c3ccccc3)[C@]3(O)CC(OC(=O)[C@H](OC(=O)CCC(=O)O)C(NC(=O)c4ccccc4)c4ccccc4)C(C)=C1C3(C)C)C1(OC(C)=O)COC1C[C@@H]2O.[Na+]. The van der Waals surface area contributed by atoms with Crippen LogP contribution in [0.3, 0.4) is 0 Å². The third-order valence-electron chi connectivity index (χ3n) is 14.3. The first-order valence-electron chi connectivity index (χ1n) is 22.5. The molecular weight excluding hydrogens is 922 g/mol. The van der Waals surface area contributed by atoms with Gasteiger partial charge in [-0.15, -0.1) is 0 Å².